The van der Waals surface area contributed by atoms with Crippen molar-refractivity contribution in [2.45, 2.75) is 19.4 Å². The van der Waals surface area contributed by atoms with E-state index in [2.05, 4.69) is 0 Å². The highest BCUT2D eigenvalue weighted by Gasteiger charge is 2.16. The third-order valence-corrected chi connectivity index (χ3v) is 2.26. The third kappa shape index (κ3) is 2.88. The molecule has 1 unspecified atom stereocenters. The van der Waals surface area contributed by atoms with E-state index in [4.69, 9.17) is 27.3 Å². The van der Waals surface area contributed by atoms with E-state index in [0.717, 1.165) is 0 Å². The summed E-state index contributed by atoms with van der Waals surface area (Å²) in [6.07, 6.45) is -0.308. The number of hydrogen-bond donors (Lipinski definition) is 1. The molecule has 0 saturated heterocycles. The van der Waals surface area contributed by atoms with Crippen molar-refractivity contribution in [2.24, 2.45) is 5.73 Å². The second-order valence-corrected chi connectivity index (χ2v) is 3.61. The minimum Gasteiger partial charge on any atom is -0.479 e. The highest BCUT2D eigenvalue weighted by molar-refractivity contribution is 6.30. The minimum absolute atomic E-state index is 0.278. The Hall–Kier alpha value is -1.73. The fourth-order valence-corrected chi connectivity index (χ4v) is 1.34. The first kappa shape index (κ1) is 12.3. The molecule has 0 aliphatic carbocycles. The van der Waals surface area contributed by atoms with E-state index in [1.54, 1.807) is 13.0 Å². The number of hydrogen-bond acceptors (Lipinski definition) is 3. The number of amides is 1. The van der Waals surface area contributed by atoms with Gasteiger partial charge in [-0.3, -0.25) is 4.79 Å². The Bertz CT molecular complexity index is 440. The number of nitrogens with zero attached hydrogens (tertiary/aromatic N) is 1. The Morgan fingerprint density at radius 2 is 2.38 bits per heavy atom. The summed E-state index contributed by atoms with van der Waals surface area (Å²) in [6.45, 7) is 1.77. The van der Waals surface area contributed by atoms with Crippen LogP contribution in [0.15, 0.2) is 18.2 Å². The van der Waals surface area contributed by atoms with Crippen molar-refractivity contribution in [3.05, 3.63) is 28.8 Å². The van der Waals surface area contributed by atoms with Crippen LogP contribution in [0.5, 0.6) is 5.75 Å². The van der Waals surface area contributed by atoms with Crippen LogP contribution in [0, 0.1) is 11.3 Å². The molecule has 0 spiro atoms. The van der Waals surface area contributed by atoms with E-state index in [1.807, 2.05) is 6.07 Å². The molecule has 1 atom stereocenters. The van der Waals surface area contributed by atoms with Crippen LogP contribution in [0.1, 0.15) is 18.9 Å². The molecule has 0 aliphatic heterocycles. The lowest BCUT2D eigenvalue weighted by Gasteiger charge is -2.15. The third-order valence-electron chi connectivity index (χ3n) is 2.02. The molecule has 16 heavy (non-hydrogen) atoms. The molecule has 0 saturated carbocycles. The summed E-state index contributed by atoms with van der Waals surface area (Å²) in [5.74, 6) is -0.285. The number of carbonyl (C=O) groups excluding carboxylic acids is 1. The van der Waals surface area contributed by atoms with Gasteiger partial charge in [0.15, 0.2) is 6.10 Å². The number of nitrogens with two attached hydrogens (primary N) is 1. The number of rotatable bonds is 4. The number of benzene rings is 1. The second kappa shape index (κ2) is 5.38. The maximum atomic E-state index is 11.0. The molecule has 84 valence electrons. The van der Waals surface area contributed by atoms with Crippen molar-refractivity contribution in [1.29, 1.82) is 5.26 Å². The van der Waals surface area contributed by atoms with Gasteiger partial charge in [-0.2, -0.15) is 5.26 Å². The topological polar surface area (TPSA) is 76.1 Å². The molecule has 0 aromatic heterocycles. The van der Waals surface area contributed by atoms with E-state index >= 15 is 0 Å². The van der Waals surface area contributed by atoms with Crippen LogP contribution in [0.4, 0.5) is 0 Å². The van der Waals surface area contributed by atoms with Gasteiger partial charge in [0.2, 0.25) is 0 Å². The zero-order valence-electron chi connectivity index (χ0n) is 8.74. The summed E-state index contributed by atoms with van der Waals surface area (Å²) in [5.41, 5.74) is 5.47. The number of nitriles is 1. The summed E-state index contributed by atoms with van der Waals surface area (Å²) in [5, 5.41) is 9.28. The molecular formula is C11H11ClN2O2. The smallest absolute Gasteiger partial charge is 0.258 e. The Kier molecular flexibility index (Phi) is 4.15. The maximum absolute atomic E-state index is 11.0. The lowest BCUT2D eigenvalue weighted by Crippen LogP contribution is -2.33. The molecule has 4 nitrogen and oxygen atoms in total. The molecule has 1 amide bonds. The van der Waals surface area contributed by atoms with Crippen molar-refractivity contribution in [3.8, 4) is 11.8 Å². The van der Waals surface area contributed by atoms with Gasteiger partial charge in [-0.05, 0) is 18.6 Å². The van der Waals surface area contributed by atoms with Crippen LogP contribution < -0.4 is 10.5 Å². The monoisotopic (exact) mass is 238 g/mol. The Morgan fingerprint density at radius 3 is 2.88 bits per heavy atom. The number of carbonyl (C=O) groups is 1. The van der Waals surface area contributed by atoms with Crippen LogP contribution in [0.3, 0.4) is 0 Å². The van der Waals surface area contributed by atoms with Crippen LogP contribution >= 0.6 is 11.6 Å². The average Bonchev–Trinajstić information content (AvgIpc) is 2.25. The fourth-order valence-electron chi connectivity index (χ4n) is 1.18. The predicted molar refractivity (Wildman–Crippen MR) is 60.1 cm³/mol. The van der Waals surface area contributed by atoms with Gasteiger partial charge in [0.25, 0.3) is 5.91 Å². The lowest BCUT2D eigenvalue weighted by molar-refractivity contribution is -0.124. The van der Waals surface area contributed by atoms with Gasteiger partial charge in [-0.1, -0.05) is 18.5 Å². The van der Waals surface area contributed by atoms with Crippen molar-refractivity contribution in [2.75, 3.05) is 0 Å². The van der Waals surface area contributed by atoms with Crippen LogP contribution in [0.2, 0.25) is 5.02 Å². The van der Waals surface area contributed by atoms with E-state index in [-0.39, 0.29) is 5.75 Å². The molecule has 1 aromatic carbocycles. The molecule has 0 aliphatic rings. The van der Waals surface area contributed by atoms with Gasteiger partial charge in [-0.15, -0.1) is 0 Å². The molecule has 1 aromatic rings. The number of primary amides is 1. The van der Waals surface area contributed by atoms with E-state index in [1.165, 1.54) is 12.1 Å². The molecule has 2 N–H and O–H groups in total. The first-order valence-electron chi connectivity index (χ1n) is 4.74. The second-order valence-electron chi connectivity index (χ2n) is 3.17. The molecule has 5 heteroatoms. The summed E-state index contributed by atoms with van der Waals surface area (Å²) >= 11 is 5.77. The first-order chi connectivity index (χ1) is 7.58. The van der Waals surface area contributed by atoms with Crippen molar-refractivity contribution >= 4 is 17.5 Å². The molecular weight excluding hydrogens is 228 g/mol. The molecule has 0 bridgehead atoms. The van der Waals surface area contributed by atoms with Gasteiger partial charge < -0.3 is 10.5 Å². The van der Waals surface area contributed by atoms with Crippen LogP contribution in [-0.4, -0.2) is 12.0 Å². The molecule has 0 radical (unpaired) electrons. The standard InChI is InChI=1S/C11H11ClN2O2/c1-2-9(11(14)15)16-10-5-8(12)4-3-7(10)6-13/h3-5,9H,2H2,1H3,(H2,14,15). The van der Waals surface area contributed by atoms with Crippen molar-refractivity contribution in [3.63, 3.8) is 0 Å². The summed E-state index contributed by atoms with van der Waals surface area (Å²) < 4.78 is 5.35. The normalized spacial score (nSPS) is 11.6. The van der Waals surface area contributed by atoms with Crippen molar-refractivity contribution < 1.29 is 9.53 Å². The Balaban J connectivity index is 2.99. The van der Waals surface area contributed by atoms with Gasteiger partial charge in [0.05, 0.1) is 5.56 Å². The summed E-state index contributed by atoms with van der Waals surface area (Å²) in [7, 11) is 0. The van der Waals surface area contributed by atoms with Crippen molar-refractivity contribution in [1.82, 2.24) is 0 Å². The quantitative estimate of drug-likeness (QED) is 0.870. The minimum atomic E-state index is -0.745. The lowest BCUT2D eigenvalue weighted by atomic mass is 10.2. The van der Waals surface area contributed by atoms with Gasteiger partial charge in [-0.25, -0.2) is 0 Å². The summed E-state index contributed by atoms with van der Waals surface area (Å²) in [4.78, 5) is 11.0. The molecule has 0 heterocycles. The predicted octanol–water partition coefficient (Wildman–Crippen LogP) is 1.85. The van der Waals surface area contributed by atoms with Crippen LogP contribution in [0.25, 0.3) is 0 Å². The number of halogens is 1. The highest BCUT2D eigenvalue weighted by Crippen LogP contribution is 2.24. The van der Waals surface area contributed by atoms with E-state index in [9.17, 15) is 4.79 Å². The highest BCUT2D eigenvalue weighted by atomic mass is 35.5. The van der Waals surface area contributed by atoms with Gasteiger partial charge in [0.1, 0.15) is 11.8 Å². The first-order valence-corrected chi connectivity index (χ1v) is 5.12. The zero-order valence-corrected chi connectivity index (χ0v) is 9.49. The van der Waals surface area contributed by atoms with Gasteiger partial charge in [0, 0.05) is 11.1 Å². The van der Waals surface area contributed by atoms with E-state index in [0.29, 0.717) is 17.0 Å². The largest absolute Gasteiger partial charge is 0.479 e. The SMILES string of the molecule is CCC(Oc1cc(Cl)ccc1C#N)C(N)=O. The van der Waals surface area contributed by atoms with E-state index < -0.39 is 12.0 Å². The Labute approximate surface area is 98.6 Å². The van der Waals surface area contributed by atoms with Gasteiger partial charge >= 0.3 is 0 Å². The van der Waals surface area contributed by atoms with Crippen LogP contribution in [-0.2, 0) is 4.79 Å². The zero-order chi connectivity index (χ0) is 12.1. The maximum Gasteiger partial charge on any atom is 0.258 e. The average molecular weight is 239 g/mol. The fraction of sp³-hybridized carbons (Fsp3) is 0.273. The number of ether oxygens (including phenoxy) is 1. The Morgan fingerprint density at radius 1 is 1.69 bits per heavy atom. The molecule has 1 rings (SSSR count). The molecule has 0 fully saturated rings. The summed E-state index contributed by atoms with van der Waals surface area (Å²) in [6, 6.07) is 6.56.